The number of nitrogens with one attached hydrogen (secondary N) is 2. The highest BCUT2D eigenvalue weighted by Crippen LogP contribution is 2.28. The number of carbonyl (C=O) groups is 1. The fourth-order valence-electron chi connectivity index (χ4n) is 2.40. The van der Waals surface area contributed by atoms with E-state index in [1.165, 1.54) is 11.3 Å². The molecule has 1 aromatic carbocycles. The zero-order valence-corrected chi connectivity index (χ0v) is 12.6. The van der Waals surface area contributed by atoms with Crippen molar-refractivity contribution in [2.24, 2.45) is 0 Å². The molecule has 118 valence electrons. The highest BCUT2D eigenvalue weighted by molar-refractivity contribution is 5.85. The van der Waals surface area contributed by atoms with E-state index in [1.807, 2.05) is 19.1 Å². The van der Waals surface area contributed by atoms with Gasteiger partial charge in [0.2, 0.25) is 0 Å². The molecule has 2 amide bonds. The molecule has 2 N–H and O–H groups in total. The minimum atomic E-state index is -2.52. The average Bonchev–Trinajstić information content (AvgIpc) is 2.86. The Kier molecular flexibility index (Phi) is 6.68. The van der Waals surface area contributed by atoms with Gasteiger partial charge in [0, 0.05) is 24.8 Å². The summed E-state index contributed by atoms with van der Waals surface area (Å²) in [5, 5.41) is 4.75. The Morgan fingerprint density at radius 2 is 1.95 bits per heavy atom. The predicted octanol–water partition coefficient (Wildman–Crippen LogP) is 2.42. The maximum atomic E-state index is 12.0. The molecule has 0 aromatic heterocycles. The Labute approximate surface area is 129 Å². The molecule has 1 aliphatic rings. The third-order valence-electron chi connectivity index (χ3n) is 3.43. The average molecular weight is 320 g/mol. The van der Waals surface area contributed by atoms with E-state index in [4.69, 9.17) is 0 Å². The first-order chi connectivity index (χ1) is 9.58. The van der Waals surface area contributed by atoms with Gasteiger partial charge in [0.1, 0.15) is 0 Å². The number of alkyl halides is 2. The second-order valence-corrected chi connectivity index (χ2v) is 4.90. The van der Waals surface area contributed by atoms with Crippen LogP contribution in [0.4, 0.5) is 19.3 Å². The van der Waals surface area contributed by atoms with Crippen molar-refractivity contribution in [3.8, 4) is 0 Å². The van der Waals surface area contributed by atoms with Crippen LogP contribution < -0.4 is 15.5 Å². The van der Waals surface area contributed by atoms with Crippen molar-refractivity contribution in [3.63, 3.8) is 0 Å². The highest BCUT2D eigenvalue weighted by atomic mass is 35.5. The van der Waals surface area contributed by atoms with Crippen molar-refractivity contribution in [2.75, 3.05) is 24.5 Å². The zero-order valence-electron chi connectivity index (χ0n) is 11.8. The van der Waals surface area contributed by atoms with Crippen LogP contribution >= 0.6 is 12.4 Å². The molecule has 0 saturated carbocycles. The van der Waals surface area contributed by atoms with Crippen molar-refractivity contribution >= 4 is 24.1 Å². The van der Waals surface area contributed by atoms with E-state index in [-0.39, 0.29) is 18.4 Å². The van der Waals surface area contributed by atoms with Gasteiger partial charge >= 0.3 is 6.03 Å². The number of anilines is 1. The number of hydrogen-bond donors (Lipinski definition) is 2. The predicted molar refractivity (Wildman–Crippen MR) is 81.6 cm³/mol. The molecule has 1 atom stereocenters. The summed E-state index contributed by atoms with van der Waals surface area (Å²) < 4.78 is 23.9. The van der Waals surface area contributed by atoms with Crippen molar-refractivity contribution in [1.29, 1.82) is 0 Å². The van der Waals surface area contributed by atoms with E-state index in [1.54, 1.807) is 0 Å². The molecule has 0 fully saturated rings. The van der Waals surface area contributed by atoms with Crippen molar-refractivity contribution < 1.29 is 13.6 Å². The number of amides is 2. The Morgan fingerprint density at radius 3 is 2.67 bits per heavy atom. The van der Waals surface area contributed by atoms with Crippen LogP contribution in [0.1, 0.15) is 12.5 Å². The number of halogens is 3. The molecule has 1 aliphatic heterocycles. The smallest absolute Gasteiger partial charge is 0.315 e. The van der Waals surface area contributed by atoms with Crippen LogP contribution in [0.5, 0.6) is 0 Å². The van der Waals surface area contributed by atoms with Crippen LogP contribution in [0, 0.1) is 0 Å². The Bertz CT molecular complexity index is 473. The van der Waals surface area contributed by atoms with Crippen molar-refractivity contribution in [3.05, 3.63) is 29.8 Å². The van der Waals surface area contributed by atoms with E-state index in [0.717, 1.165) is 13.0 Å². The molecule has 2 rings (SSSR count). The number of para-hydroxylation sites is 1. The summed E-state index contributed by atoms with van der Waals surface area (Å²) in [6.45, 7) is 2.73. The monoisotopic (exact) mass is 319 g/mol. The van der Waals surface area contributed by atoms with Gasteiger partial charge in [-0.2, -0.15) is 0 Å². The fraction of sp³-hybridized carbons (Fsp3) is 0.500. The molecule has 21 heavy (non-hydrogen) atoms. The van der Waals surface area contributed by atoms with E-state index in [9.17, 15) is 13.6 Å². The number of benzene rings is 1. The summed E-state index contributed by atoms with van der Waals surface area (Å²) in [5.74, 6) is 0. The Balaban J connectivity index is 0.00000220. The zero-order chi connectivity index (χ0) is 14.5. The quantitative estimate of drug-likeness (QED) is 0.875. The molecule has 1 aromatic rings. The minimum Gasteiger partial charge on any atom is -0.366 e. The molecule has 0 bridgehead atoms. The topological polar surface area (TPSA) is 44.4 Å². The number of carbonyl (C=O) groups excluding carboxylic acids is 1. The number of nitrogens with zero attached hydrogens (tertiary/aromatic N) is 1. The van der Waals surface area contributed by atoms with Gasteiger partial charge in [-0.3, -0.25) is 0 Å². The SMILES string of the molecule is CC(CNC(=O)NCC(F)F)N1CCc2ccccc21.Cl. The number of urea groups is 1. The second kappa shape index (κ2) is 8.02. The van der Waals surface area contributed by atoms with Crippen LogP contribution in [0.3, 0.4) is 0 Å². The fourth-order valence-corrected chi connectivity index (χ4v) is 2.40. The molecule has 1 unspecified atom stereocenters. The van der Waals surface area contributed by atoms with E-state index >= 15 is 0 Å². The largest absolute Gasteiger partial charge is 0.366 e. The van der Waals surface area contributed by atoms with E-state index in [2.05, 4.69) is 27.7 Å². The lowest BCUT2D eigenvalue weighted by molar-refractivity contribution is 0.146. The molecule has 0 aliphatic carbocycles. The summed E-state index contributed by atoms with van der Waals surface area (Å²) in [5.41, 5.74) is 2.50. The van der Waals surface area contributed by atoms with Crippen molar-refractivity contribution in [2.45, 2.75) is 25.8 Å². The lowest BCUT2D eigenvalue weighted by Crippen LogP contribution is -2.45. The van der Waals surface area contributed by atoms with Crippen LogP contribution in [0.15, 0.2) is 24.3 Å². The first kappa shape index (κ1) is 17.5. The summed E-state index contributed by atoms with van der Waals surface area (Å²) in [4.78, 5) is 13.6. The van der Waals surface area contributed by atoms with Gasteiger partial charge in [-0.1, -0.05) is 18.2 Å². The van der Waals surface area contributed by atoms with Gasteiger partial charge in [0.15, 0.2) is 0 Å². The molecule has 4 nitrogen and oxygen atoms in total. The summed E-state index contributed by atoms with van der Waals surface area (Å²) in [7, 11) is 0. The summed E-state index contributed by atoms with van der Waals surface area (Å²) >= 11 is 0. The molecule has 1 heterocycles. The van der Waals surface area contributed by atoms with Gasteiger partial charge in [0.25, 0.3) is 6.43 Å². The van der Waals surface area contributed by atoms with Crippen LogP contribution in [0.2, 0.25) is 0 Å². The normalized spacial score (nSPS) is 14.4. The molecule has 7 heteroatoms. The van der Waals surface area contributed by atoms with E-state index in [0.29, 0.717) is 6.54 Å². The van der Waals surface area contributed by atoms with Gasteiger partial charge in [-0.05, 0) is 25.0 Å². The number of rotatable bonds is 5. The molecular weight excluding hydrogens is 300 g/mol. The number of hydrogen-bond acceptors (Lipinski definition) is 2. The first-order valence-electron chi connectivity index (χ1n) is 6.72. The Morgan fingerprint density at radius 1 is 1.29 bits per heavy atom. The van der Waals surface area contributed by atoms with Gasteiger partial charge in [-0.15, -0.1) is 12.4 Å². The molecular formula is C14H20ClF2N3O. The van der Waals surface area contributed by atoms with Gasteiger partial charge in [0.05, 0.1) is 6.54 Å². The summed E-state index contributed by atoms with van der Waals surface area (Å²) in [6, 6.07) is 7.75. The minimum absolute atomic E-state index is 0. The third-order valence-corrected chi connectivity index (χ3v) is 3.43. The lowest BCUT2D eigenvalue weighted by atomic mass is 10.2. The molecule has 0 saturated heterocycles. The lowest BCUT2D eigenvalue weighted by Gasteiger charge is -2.27. The van der Waals surface area contributed by atoms with Gasteiger partial charge < -0.3 is 15.5 Å². The Hall–Kier alpha value is -1.56. The van der Waals surface area contributed by atoms with Gasteiger partial charge in [-0.25, -0.2) is 13.6 Å². The van der Waals surface area contributed by atoms with Crippen LogP contribution in [-0.4, -0.2) is 38.1 Å². The summed E-state index contributed by atoms with van der Waals surface area (Å²) in [6.07, 6.45) is -1.53. The molecule has 0 spiro atoms. The van der Waals surface area contributed by atoms with E-state index < -0.39 is 19.0 Å². The maximum Gasteiger partial charge on any atom is 0.315 e. The molecule has 0 radical (unpaired) electrons. The second-order valence-electron chi connectivity index (χ2n) is 4.90. The highest BCUT2D eigenvalue weighted by Gasteiger charge is 2.23. The van der Waals surface area contributed by atoms with Crippen LogP contribution in [0.25, 0.3) is 0 Å². The van der Waals surface area contributed by atoms with Crippen molar-refractivity contribution in [1.82, 2.24) is 10.6 Å². The third kappa shape index (κ3) is 4.74. The maximum absolute atomic E-state index is 12.0. The number of fused-ring (bicyclic) bond motifs is 1. The standard InChI is InChI=1S/C14H19F2N3O.ClH/c1-10(8-17-14(20)18-9-13(15)16)19-7-6-11-4-2-3-5-12(11)19;/h2-5,10,13H,6-9H2,1H3,(H2,17,18,20);1H. The first-order valence-corrected chi connectivity index (χ1v) is 6.72. The van der Waals surface area contributed by atoms with Crippen LogP contribution in [-0.2, 0) is 6.42 Å².